The Bertz CT molecular complexity index is 211. The Morgan fingerprint density at radius 2 is 1.80 bits per heavy atom. The van der Waals surface area contributed by atoms with E-state index in [1.165, 1.54) is 0 Å². The first-order valence-corrected chi connectivity index (χ1v) is 3.47. The van der Waals surface area contributed by atoms with Crippen molar-refractivity contribution in [3.8, 4) is 0 Å². The molecule has 10 heavy (non-hydrogen) atoms. The van der Waals surface area contributed by atoms with Crippen LogP contribution in [-0.4, -0.2) is 59.8 Å². The summed E-state index contributed by atoms with van der Waals surface area (Å²) in [5.41, 5.74) is 0. The van der Waals surface area contributed by atoms with Crippen molar-refractivity contribution >= 4 is 45.8 Å². The first-order valence-electron chi connectivity index (χ1n) is 2.07. The van der Waals surface area contributed by atoms with Crippen LogP contribution in [0.1, 0.15) is 6.92 Å². The van der Waals surface area contributed by atoms with Crippen LogP contribution < -0.4 is 0 Å². The van der Waals surface area contributed by atoms with Crippen LogP contribution in [0.3, 0.4) is 0 Å². The minimum atomic E-state index is -4.32. The van der Waals surface area contributed by atoms with Crippen LogP contribution in [0.4, 0.5) is 0 Å². The molecular formula is C3H8NNaO4S. The van der Waals surface area contributed by atoms with Gasteiger partial charge in [0, 0.05) is 14.0 Å². The Hall–Kier alpha value is 0.380. The van der Waals surface area contributed by atoms with Crippen molar-refractivity contribution in [2.24, 2.45) is 0 Å². The van der Waals surface area contributed by atoms with Gasteiger partial charge in [0.15, 0.2) is 0 Å². The molecular weight excluding hydrogens is 169 g/mol. The standard InChI is InChI=1S/C3H7NO4S.Na.H/c1-3(5)4(2)9(6,7)8;;/h1-2H3,(H,6,7,8);;. The van der Waals surface area contributed by atoms with Crippen molar-refractivity contribution in [2.45, 2.75) is 6.92 Å². The van der Waals surface area contributed by atoms with E-state index in [9.17, 15) is 13.2 Å². The number of hydrogen-bond acceptors (Lipinski definition) is 3. The molecule has 1 amide bonds. The minimum absolute atomic E-state index is 0. The van der Waals surface area contributed by atoms with Crippen molar-refractivity contribution in [3.05, 3.63) is 0 Å². The van der Waals surface area contributed by atoms with Gasteiger partial charge in [0.1, 0.15) is 0 Å². The van der Waals surface area contributed by atoms with Crippen molar-refractivity contribution in [1.29, 1.82) is 0 Å². The van der Waals surface area contributed by atoms with E-state index in [0.29, 0.717) is 0 Å². The Kier molecular flexibility index (Phi) is 5.59. The molecule has 0 heterocycles. The molecule has 0 spiro atoms. The fraction of sp³-hybridized carbons (Fsp3) is 0.667. The first-order chi connectivity index (χ1) is 3.85. The van der Waals surface area contributed by atoms with Gasteiger partial charge in [-0.1, -0.05) is 0 Å². The zero-order chi connectivity index (χ0) is 7.65. The fourth-order valence-electron chi connectivity index (χ4n) is 0.162. The summed E-state index contributed by atoms with van der Waals surface area (Å²) < 4.78 is 28.4. The molecule has 0 atom stereocenters. The molecule has 0 rings (SSSR count). The molecule has 7 heteroatoms. The summed E-state index contributed by atoms with van der Waals surface area (Å²) in [7, 11) is -3.35. The topological polar surface area (TPSA) is 74.7 Å². The Labute approximate surface area is 81.6 Å². The second-order valence-corrected chi connectivity index (χ2v) is 2.91. The van der Waals surface area contributed by atoms with Crippen LogP contribution in [0, 0.1) is 0 Å². The number of carbonyl (C=O) groups is 1. The quantitative estimate of drug-likeness (QED) is 0.395. The van der Waals surface area contributed by atoms with Crippen molar-refractivity contribution < 1.29 is 17.8 Å². The molecule has 56 valence electrons. The number of carbonyl (C=O) groups excluding carboxylic acids is 1. The summed E-state index contributed by atoms with van der Waals surface area (Å²) >= 11 is 0. The number of rotatable bonds is 1. The predicted molar refractivity (Wildman–Crippen MR) is 37.1 cm³/mol. The number of nitrogens with zero attached hydrogens (tertiary/aromatic N) is 1. The molecule has 0 aliphatic rings. The summed E-state index contributed by atoms with van der Waals surface area (Å²) in [6, 6.07) is 0. The number of amides is 1. The van der Waals surface area contributed by atoms with Crippen LogP contribution in [-0.2, 0) is 15.1 Å². The number of hydrogen-bond donors (Lipinski definition) is 1. The molecule has 0 unspecified atom stereocenters. The molecule has 5 nitrogen and oxygen atoms in total. The van der Waals surface area contributed by atoms with E-state index < -0.39 is 16.2 Å². The van der Waals surface area contributed by atoms with Crippen LogP contribution in [0.5, 0.6) is 0 Å². The van der Waals surface area contributed by atoms with Crippen molar-refractivity contribution in [3.63, 3.8) is 0 Å². The van der Waals surface area contributed by atoms with Gasteiger partial charge in [-0.25, -0.2) is 4.31 Å². The fourth-order valence-corrected chi connectivity index (χ4v) is 0.487. The molecule has 0 aromatic rings. The zero-order valence-corrected chi connectivity index (χ0v) is 5.84. The third-order valence-corrected chi connectivity index (χ3v) is 1.74. The zero-order valence-electron chi connectivity index (χ0n) is 5.03. The normalized spacial score (nSPS) is 9.90. The van der Waals surface area contributed by atoms with E-state index in [0.717, 1.165) is 14.0 Å². The third-order valence-electron chi connectivity index (χ3n) is 0.790. The molecule has 0 radical (unpaired) electrons. The van der Waals surface area contributed by atoms with E-state index >= 15 is 0 Å². The molecule has 0 saturated heterocycles. The van der Waals surface area contributed by atoms with Crippen LogP contribution in [0.15, 0.2) is 0 Å². The molecule has 0 saturated carbocycles. The van der Waals surface area contributed by atoms with Crippen LogP contribution in [0.2, 0.25) is 0 Å². The van der Waals surface area contributed by atoms with Gasteiger partial charge in [0.25, 0.3) is 0 Å². The maximum atomic E-state index is 10.2. The van der Waals surface area contributed by atoms with Gasteiger partial charge in [-0.05, 0) is 0 Å². The maximum absolute atomic E-state index is 10.2. The molecule has 0 bridgehead atoms. The second kappa shape index (κ2) is 4.30. The average molecular weight is 177 g/mol. The predicted octanol–water partition coefficient (Wildman–Crippen LogP) is -1.38. The van der Waals surface area contributed by atoms with Gasteiger partial charge in [-0.3, -0.25) is 9.35 Å². The van der Waals surface area contributed by atoms with E-state index in [2.05, 4.69) is 0 Å². The molecule has 0 aromatic heterocycles. The molecule has 0 fully saturated rings. The average Bonchev–Trinajstić information content (AvgIpc) is 1.62. The van der Waals surface area contributed by atoms with E-state index in [4.69, 9.17) is 4.55 Å². The summed E-state index contributed by atoms with van der Waals surface area (Å²) in [6.07, 6.45) is 0. The molecule has 1 N–H and O–H groups in total. The van der Waals surface area contributed by atoms with Gasteiger partial charge in [-0.2, -0.15) is 8.42 Å². The monoisotopic (exact) mass is 177 g/mol. The van der Waals surface area contributed by atoms with Gasteiger partial charge >= 0.3 is 39.9 Å². The van der Waals surface area contributed by atoms with Gasteiger partial charge < -0.3 is 0 Å². The summed E-state index contributed by atoms with van der Waals surface area (Å²) in [4.78, 5) is 10.2. The van der Waals surface area contributed by atoms with Gasteiger partial charge in [0.2, 0.25) is 5.91 Å². The van der Waals surface area contributed by atoms with Gasteiger partial charge in [0.05, 0.1) is 0 Å². The Morgan fingerprint density at radius 3 is 1.80 bits per heavy atom. The molecule has 0 aliphatic carbocycles. The second-order valence-electron chi connectivity index (χ2n) is 1.46. The summed E-state index contributed by atoms with van der Waals surface area (Å²) in [6.45, 7) is 1.04. The molecule has 0 aromatic carbocycles. The van der Waals surface area contributed by atoms with Crippen LogP contribution >= 0.6 is 0 Å². The summed E-state index contributed by atoms with van der Waals surface area (Å²) in [5, 5.41) is 0. The van der Waals surface area contributed by atoms with E-state index in [-0.39, 0.29) is 33.9 Å². The first kappa shape index (κ1) is 13.0. The van der Waals surface area contributed by atoms with Gasteiger partial charge in [-0.15, -0.1) is 0 Å². The van der Waals surface area contributed by atoms with Crippen molar-refractivity contribution in [2.75, 3.05) is 7.05 Å². The van der Waals surface area contributed by atoms with E-state index in [1.807, 2.05) is 0 Å². The SMILES string of the molecule is CC(=O)N(C)S(=O)(=O)O.[NaH]. The summed E-state index contributed by atoms with van der Waals surface area (Å²) in [5.74, 6) is -0.725. The Morgan fingerprint density at radius 1 is 1.50 bits per heavy atom. The van der Waals surface area contributed by atoms with E-state index in [1.54, 1.807) is 0 Å². The molecule has 0 aliphatic heterocycles. The van der Waals surface area contributed by atoms with Crippen LogP contribution in [0.25, 0.3) is 0 Å². The Balaban J connectivity index is 0. The van der Waals surface area contributed by atoms with Crippen molar-refractivity contribution in [1.82, 2.24) is 4.31 Å². The third kappa shape index (κ3) is 4.24.